The number of halogens is 2. The Hall–Kier alpha value is -0.960. The highest BCUT2D eigenvalue weighted by molar-refractivity contribution is 5.20. The number of benzene rings is 1. The molecule has 4 unspecified atom stereocenters. The third-order valence-electron chi connectivity index (χ3n) is 4.53. The van der Waals surface area contributed by atoms with E-state index < -0.39 is 11.6 Å². The maximum atomic E-state index is 13.2. The largest absolute Gasteiger partial charge is 0.307 e. The van der Waals surface area contributed by atoms with Crippen molar-refractivity contribution < 1.29 is 8.78 Å². The third-order valence-corrected chi connectivity index (χ3v) is 4.53. The van der Waals surface area contributed by atoms with E-state index in [4.69, 9.17) is 0 Å². The highest BCUT2D eigenvalue weighted by atomic mass is 19.2. The minimum atomic E-state index is -0.781. The van der Waals surface area contributed by atoms with Crippen molar-refractivity contribution in [2.24, 2.45) is 11.8 Å². The van der Waals surface area contributed by atoms with Gasteiger partial charge in [0, 0.05) is 12.1 Å². The van der Waals surface area contributed by atoms with Crippen LogP contribution in [0, 0.1) is 23.5 Å². The Kier molecular flexibility index (Phi) is 4.56. The van der Waals surface area contributed by atoms with E-state index in [9.17, 15) is 8.78 Å². The van der Waals surface area contributed by atoms with Crippen LogP contribution in [0.25, 0.3) is 0 Å². The maximum Gasteiger partial charge on any atom is 0.159 e. The van der Waals surface area contributed by atoms with Gasteiger partial charge in [-0.25, -0.2) is 8.78 Å². The monoisotopic (exact) mass is 267 g/mol. The summed E-state index contributed by atoms with van der Waals surface area (Å²) >= 11 is 0. The molecule has 0 bridgehead atoms. The number of hydrogen-bond donors (Lipinski definition) is 1. The molecule has 0 radical (unpaired) electrons. The Bertz CT molecular complexity index is 433. The molecule has 1 aromatic rings. The molecule has 1 fully saturated rings. The van der Waals surface area contributed by atoms with Crippen LogP contribution in [0.3, 0.4) is 0 Å². The topological polar surface area (TPSA) is 12.0 Å². The van der Waals surface area contributed by atoms with Gasteiger partial charge in [0.05, 0.1) is 0 Å². The van der Waals surface area contributed by atoms with Gasteiger partial charge in [-0.15, -0.1) is 0 Å². The first-order valence-electron chi connectivity index (χ1n) is 7.18. The molecule has 2 rings (SSSR count). The Balaban J connectivity index is 1.97. The lowest BCUT2D eigenvalue weighted by Crippen LogP contribution is -2.37. The van der Waals surface area contributed by atoms with Gasteiger partial charge in [0.15, 0.2) is 11.6 Å². The number of hydrogen-bond acceptors (Lipinski definition) is 1. The van der Waals surface area contributed by atoms with Crippen molar-refractivity contribution in [2.45, 2.75) is 52.1 Å². The fourth-order valence-electron chi connectivity index (χ4n) is 2.93. The van der Waals surface area contributed by atoms with Crippen molar-refractivity contribution in [2.75, 3.05) is 0 Å². The summed E-state index contributed by atoms with van der Waals surface area (Å²) in [6.07, 6.45) is 3.57. The van der Waals surface area contributed by atoms with E-state index in [-0.39, 0.29) is 6.04 Å². The second kappa shape index (κ2) is 6.00. The minimum absolute atomic E-state index is 0.0562. The zero-order valence-electron chi connectivity index (χ0n) is 11.9. The van der Waals surface area contributed by atoms with Gasteiger partial charge in [-0.1, -0.05) is 19.9 Å². The molecule has 0 aromatic heterocycles. The van der Waals surface area contributed by atoms with Gasteiger partial charge in [0.25, 0.3) is 0 Å². The van der Waals surface area contributed by atoms with Crippen molar-refractivity contribution in [3.63, 3.8) is 0 Å². The fourth-order valence-corrected chi connectivity index (χ4v) is 2.93. The lowest BCUT2D eigenvalue weighted by atomic mass is 9.79. The van der Waals surface area contributed by atoms with Crippen LogP contribution in [-0.2, 0) is 0 Å². The van der Waals surface area contributed by atoms with Gasteiger partial charge in [0.1, 0.15) is 0 Å². The van der Waals surface area contributed by atoms with Crippen molar-refractivity contribution in [1.29, 1.82) is 0 Å². The van der Waals surface area contributed by atoms with Crippen LogP contribution in [-0.4, -0.2) is 6.04 Å². The van der Waals surface area contributed by atoms with Crippen LogP contribution >= 0.6 is 0 Å². The highest BCUT2D eigenvalue weighted by Crippen LogP contribution is 2.30. The number of nitrogens with one attached hydrogen (secondary N) is 1. The summed E-state index contributed by atoms with van der Waals surface area (Å²) in [5, 5.41) is 3.54. The molecular formula is C16H23F2N. The Morgan fingerprint density at radius 1 is 1.11 bits per heavy atom. The molecule has 19 heavy (non-hydrogen) atoms. The van der Waals surface area contributed by atoms with Crippen LogP contribution in [0.15, 0.2) is 18.2 Å². The summed E-state index contributed by atoms with van der Waals surface area (Å²) in [5.41, 5.74) is 0.810. The lowest BCUT2D eigenvalue weighted by molar-refractivity contribution is 0.217. The van der Waals surface area contributed by atoms with E-state index in [1.165, 1.54) is 25.0 Å². The molecule has 1 saturated carbocycles. The van der Waals surface area contributed by atoms with Crippen LogP contribution in [0.1, 0.15) is 51.6 Å². The molecule has 1 aliphatic carbocycles. The molecule has 0 heterocycles. The van der Waals surface area contributed by atoms with E-state index in [1.54, 1.807) is 6.07 Å². The van der Waals surface area contributed by atoms with Crippen LogP contribution < -0.4 is 5.32 Å². The first kappa shape index (κ1) is 14.4. The average molecular weight is 267 g/mol. The Labute approximate surface area is 114 Å². The lowest BCUT2D eigenvalue weighted by Gasteiger charge is -2.34. The van der Waals surface area contributed by atoms with E-state index in [2.05, 4.69) is 19.2 Å². The molecule has 1 N–H and O–H groups in total. The van der Waals surface area contributed by atoms with E-state index in [1.807, 2.05) is 6.92 Å². The summed E-state index contributed by atoms with van der Waals surface area (Å²) in [6.45, 7) is 6.61. The van der Waals surface area contributed by atoms with Crippen molar-refractivity contribution in [3.05, 3.63) is 35.4 Å². The van der Waals surface area contributed by atoms with E-state index in [0.29, 0.717) is 6.04 Å². The van der Waals surface area contributed by atoms with Crippen LogP contribution in [0.5, 0.6) is 0 Å². The second-order valence-corrected chi connectivity index (χ2v) is 6.03. The van der Waals surface area contributed by atoms with Crippen LogP contribution in [0.4, 0.5) is 8.78 Å². The standard InChI is InChI=1S/C16H23F2N/c1-10-4-6-14(8-11(10)2)19-12(3)13-5-7-15(17)16(18)9-13/h5,7,9-12,14,19H,4,6,8H2,1-3H3. The molecule has 0 amide bonds. The van der Waals surface area contributed by atoms with Crippen molar-refractivity contribution in [1.82, 2.24) is 5.32 Å². The van der Waals surface area contributed by atoms with Gasteiger partial charge < -0.3 is 5.32 Å². The third kappa shape index (κ3) is 3.53. The van der Waals surface area contributed by atoms with Gasteiger partial charge in [0.2, 0.25) is 0 Å². The molecule has 0 saturated heterocycles. The quantitative estimate of drug-likeness (QED) is 0.853. The average Bonchev–Trinajstić information content (AvgIpc) is 2.37. The number of rotatable bonds is 3. The van der Waals surface area contributed by atoms with Crippen molar-refractivity contribution >= 4 is 0 Å². The predicted octanol–water partition coefficient (Wildman–Crippen LogP) is 4.44. The SMILES string of the molecule is CC(NC1CCC(C)C(C)C1)c1ccc(F)c(F)c1. The molecule has 0 spiro atoms. The van der Waals surface area contributed by atoms with Gasteiger partial charge in [-0.05, 0) is 55.7 Å². The summed E-state index contributed by atoms with van der Waals surface area (Å²) in [6, 6.07) is 4.69. The molecule has 1 aliphatic rings. The molecule has 1 nitrogen and oxygen atoms in total. The van der Waals surface area contributed by atoms with Gasteiger partial charge in [-0.2, -0.15) is 0 Å². The summed E-state index contributed by atoms with van der Waals surface area (Å²) in [4.78, 5) is 0. The minimum Gasteiger partial charge on any atom is -0.307 e. The van der Waals surface area contributed by atoms with E-state index >= 15 is 0 Å². The zero-order valence-corrected chi connectivity index (χ0v) is 11.9. The summed E-state index contributed by atoms with van der Waals surface area (Å²) < 4.78 is 26.1. The predicted molar refractivity (Wildman–Crippen MR) is 73.9 cm³/mol. The van der Waals surface area contributed by atoms with Gasteiger partial charge in [-0.3, -0.25) is 0 Å². The highest BCUT2D eigenvalue weighted by Gasteiger charge is 2.25. The second-order valence-electron chi connectivity index (χ2n) is 6.03. The maximum absolute atomic E-state index is 13.2. The first-order valence-corrected chi connectivity index (χ1v) is 7.18. The summed E-state index contributed by atoms with van der Waals surface area (Å²) in [5.74, 6) is -0.0344. The molecule has 3 heteroatoms. The van der Waals surface area contributed by atoms with E-state index in [0.717, 1.165) is 23.8 Å². The first-order chi connectivity index (χ1) is 8.97. The molecule has 4 atom stereocenters. The molecule has 0 aliphatic heterocycles. The normalized spacial score (nSPS) is 29.2. The summed E-state index contributed by atoms with van der Waals surface area (Å²) in [7, 11) is 0. The Morgan fingerprint density at radius 2 is 1.84 bits per heavy atom. The zero-order chi connectivity index (χ0) is 14.0. The van der Waals surface area contributed by atoms with Crippen LogP contribution in [0.2, 0.25) is 0 Å². The fraction of sp³-hybridized carbons (Fsp3) is 0.625. The molecule has 106 valence electrons. The Morgan fingerprint density at radius 3 is 2.47 bits per heavy atom. The molecule has 1 aromatic carbocycles. The van der Waals surface area contributed by atoms with Crippen molar-refractivity contribution in [3.8, 4) is 0 Å². The smallest absolute Gasteiger partial charge is 0.159 e. The molecular weight excluding hydrogens is 244 g/mol. The van der Waals surface area contributed by atoms with Gasteiger partial charge >= 0.3 is 0 Å².